The van der Waals surface area contributed by atoms with E-state index in [1.165, 1.54) is 6.42 Å². The number of nitrogens with zero attached hydrogens (tertiary/aromatic N) is 1. The van der Waals surface area contributed by atoms with Crippen molar-refractivity contribution in [3.8, 4) is 0 Å². The van der Waals surface area contributed by atoms with Gasteiger partial charge >= 0.3 is 0 Å². The lowest BCUT2D eigenvalue weighted by molar-refractivity contribution is 0.000601. The van der Waals surface area contributed by atoms with E-state index in [2.05, 4.69) is 31.9 Å². The maximum absolute atomic E-state index is 10.3. The van der Waals surface area contributed by atoms with Crippen molar-refractivity contribution < 1.29 is 5.11 Å². The van der Waals surface area contributed by atoms with Crippen molar-refractivity contribution in [3.05, 3.63) is 34.9 Å². The van der Waals surface area contributed by atoms with Crippen LogP contribution in [-0.2, 0) is 6.54 Å². The lowest BCUT2D eigenvalue weighted by Gasteiger charge is -2.39. The quantitative estimate of drug-likeness (QED) is 0.913. The normalized spacial score (nSPS) is 30.7. The van der Waals surface area contributed by atoms with E-state index >= 15 is 0 Å². The number of aliphatic hydroxyl groups is 1. The van der Waals surface area contributed by atoms with E-state index in [4.69, 9.17) is 11.6 Å². The summed E-state index contributed by atoms with van der Waals surface area (Å²) in [5.41, 5.74) is 1.16. The molecule has 20 heavy (non-hydrogen) atoms. The maximum atomic E-state index is 10.3. The Hall–Kier alpha value is -0.570. The van der Waals surface area contributed by atoms with Gasteiger partial charge in [-0.2, -0.15) is 0 Å². The van der Waals surface area contributed by atoms with E-state index in [0.717, 1.165) is 30.1 Å². The van der Waals surface area contributed by atoms with Gasteiger partial charge in [0, 0.05) is 24.0 Å². The van der Waals surface area contributed by atoms with Crippen LogP contribution in [0.2, 0.25) is 5.02 Å². The van der Waals surface area contributed by atoms with Gasteiger partial charge in [0.2, 0.25) is 0 Å². The Morgan fingerprint density at radius 3 is 2.60 bits per heavy atom. The van der Waals surface area contributed by atoms with Crippen molar-refractivity contribution in [1.82, 2.24) is 4.90 Å². The topological polar surface area (TPSA) is 23.5 Å². The summed E-state index contributed by atoms with van der Waals surface area (Å²) in [6.45, 7) is 6.28. The van der Waals surface area contributed by atoms with Crippen LogP contribution in [0.3, 0.4) is 0 Å². The van der Waals surface area contributed by atoms with E-state index in [1.54, 1.807) is 0 Å². The summed E-state index contributed by atoms with van der Waals surface area (Å²) in [6, 6.07) is 7.99. The third kappa shape index (κ3) is 3.97. The second kappa shape index (κ2) is 6.93. The smallest absolute Gasteiger partial charge is 0.0585 e. The first kappa shape index (κ1) is 15.8. The third-order valence-corrected chi connectivity index (χ3v) is 4.93. The van der Waals surface area contributed by atoms with Crippen molar-refractivity contribution in [2.45, 2.75) is 39.3 Å². The Morgan fingerprint density at radius 1 is 1.25 bits per heavy atom. The van der Waals surface area contributed by atoms with Gasteiger partial charge in [0.1, 0.15) is 0 Å². The third-order valence-electron chi connectivity index (χ3n) is 4.56. The zero-order chi connectivity index (χ0) is 14.7. The van der Waals surface area contributed by atoms with Gasteiger partial charge in [-0.25, -0.2) is 0 Å². The highest BCUT2D eigenvalue weighted by atomic mass is 35.5. The Morgan fingerprint density at radius 2 is 1.95 bits per heavy atom. The van der Waals surface area contributed by atoms with Gasteiger partial charge < -0.3 is 10.0 Å². The molecule has 2 nitrogen and oxygen atoms in total. The standard InChI is InChI=1S/C17H26ClNO/c1-12-8-13(2)15(17(20)9-12)11-19(3)10-14-6-4-5-7-16(14)18/h4-7,12-13,15,17,20H,8-11H2,1-3H3. The molecule has 4 atom stereocenters. The SMILES string of the molecule is CC1CC(C)C(CN(C)Cc2ccccc2Cl)C(O)C1. The van der Waals surface area contributed by atoms with E-state index in [1.807, 2.05) is 18.2 Å². The summed E-state index contributed by atoms with van der Waals surface area (Å²) in [5, 5.41) is 11.2. The molecule has 0 amide bonds. The molecule has 1 aliphatic carbocycles. The molecule has 0 saturated heterocycles. The molecule has 112 valence electrons. The molecule has 2 rings (SSSR count). The molecule has 0 bridgehead atoms. The van der Waals surface area contributed by atoms with Crippen LogP contribution in [0.1, 0.15) is 32.3 Å². The lowest BCUT2D eigenvalue weighted by Crippen LogP contribution is -2.41. The fourth-order valence-corrected chi connectivity index (χ4v) is 3.71. The first-order valence-corrected chi connectivity index (χ1v) is 7.95. The molecule has 1 aromatic rings. The van der Waals surface area contributed by atoms with Crippen LogP contribution in [0.15, 0.2) is 24.3 Å². The van der Waals surface area contributed by atoms with Crippen LogP contribution in [0.5, 0.6) is 0 Å². The Balaban J connectivity index is 1.94. The van der Waals surface area contributed by atoms with Crippen molar-refractivity contribution >= 4 is 11.6 Å². The van der Waals surface area contributed by atoms with Gasteiger partial charge in [-0.05, 0) is 43.4 Å². The van der Waals surface area contributed by atoms with Crippen LogP contribution in [0.25, 0.3) is 0 Å². The number of hydrogen-bond acceptors (Lipinski definition) is 2. The van der Waals surface area contributed by atoms with Crippen molar-refractivity contribution in [2.24, 2.45) is 17.8 Å². The summed E-state index contributed by atoms with van der Waals surface area (Å²) >= 11 is 6.21. The summed E-state index contributed by atoms with van der Waals surface area (Å²) < 4.78 is 0. The monoisotopic (exact) mass is 295 g/mol. The zero-order valence-corrected chi connectivity index (χ0v) is 13.5. The highest BCUT2D eigenvalue weighted by Gasteiger charge is 2.33. The maximum Gasteiger partial charge on any atom is 0.0585 e. The number of hydrogen-bond donors (Lipinski definition) is 1. The summed E-state index contributed by atoms with van der Waals surface area (Å²) in [4.78, 5) is 2.28. The fourth-order valence-electron chi connectivity index (χ4n) is 3.52. The second-order valence-corrected chi connectivity index (χ2v) is 6.98. The first-order valence-electron chi connectivity index (χ1n) is 7.57. The fraction of sp³-hybridized carbons (Fsp3) is 0.647. The average Bonchev–Trinajstić information content (AvgIpc) is 2.36. The van der Waals surface area contributed by atoms with E-state index < -0.39 is 0 Å². The minimum absolute atomic E-state index is 0.164. The van der Waals surface area contributed by atoms with Crippen molar-refractivity contribution in [1.29, 1.82) is 0 Å². The zero-order valence-electron chi connectivity index (χ0n) is 12.7. The number of halogens is 1. The molecule has 1 aliphatic rings. The molecular weight excluding hydrogens is 270 g/mol. The van der Waals surface area contributed by atoms with Crippen LogP contribution >= 0.6 is 11.6 Å². The highest BCUT2D eigenvalue weighted by Crippen LogP contribution is 2.34. The van der Waals surface area contributed by atoms with Crippen LogP contribution in [0.4, 0.5) is 0 Å². The Labute approximate surface area is 127 Å². The molecule has 1 fully saturated rings. The van der Waals surface area contributed by atoms with Gasteiger partial charge in [-0.15, -0.1) is 0 Å². The van der Waals surface area contributed by atoms with Crippen LogP contribution in [0, 0.1) is 17.8 Å². The molecule has 1 saturated carbocycles. The van der Waals surface area contributed by atoms with Crippen molar-refractivity contribution in [3.63, 3.8) is 0 Å². The second-order valence-electron chi connectivity index (χ2n) is 6.57. The molecule has 0 aromatic heterocycles. The molecule has 0 spiro atoms. The van der Waals surface area contributed by atoms with Crippen LogP contribution in [-0.4, -0.2) is 29.7 Å². The summed E-state index contributed by atoms with van der Waals surface area (Å²) in [7, 11) is 2.11. The molecule has 3 heteroatoms. The molecular formula is C17H26ClNO. The number of benzene rings is 1. The molecule has 4 unspecified atom stereocenters. The largest absolute Gasteiger partial charge is 0.393 e. The van der Waals surface area contributed by atoms with E-state index in [9.17, 15) is 5.11 Å². The minimum Gasteiger partial charge on any atom is -0.393 e. The summed E-state index contributed by atoms with van der Waals surface area (Å²) in [5.74, 6) is 1.60. The van der Waals surface area contributed by atoms with Gasteiger partial charge in [0.05, 0.1) is 6.10 Å². The minimum atomic E-state index is -0.164. The average molecular weight is 296 g/mol. The summed E-state index contributed by atoms with van der Waals surface area (Å²) in [6.07, 6.45) is 2.00. The predicted octanol–water partition coefficient (Wildman–Crippen LogP) is 3.81. The van der Waals surface area contributed by atoms with Gasteiger partial charge in [-0.1, -0.05) is 43.6 Å². The molecule has 0 aliphatic heterocycles. The number of aliphatic hydroxyl groups excluding tert-OH is 1. The van der Waals surface area contributed by atoms with Gasteiger partial charge in [0.25, 0.3) is 0 Å². The van der Waals surface area contributed by atoms with E-state index in [-0.39, 0.29) is 6.10 Å². The van der Waals surface area contributed by atoms with Crippen LogP contribution < -0.4 is 0 Å². The first-order chi connectivity index (χ1) is 9.47. The number of rotatable bonds is 4. The lowest BCUT2D eigenvalue weighted by atomic mass is 9.73. The van der Waals surface area contributed by atoms with Gasteiger partial charge in [-0.3, -0.25) is 0 Å². The van der Waals surface area contributed by atoms with E-state index in [0.29, 0.717) is 17.8 Å². The van der Waals surface area contributed by atoms with Gasteiger partial charge in [0.15, 0.2) is 0 Å². The van der Waals surface area contributed by atoms with Crippen molar-refractivity contribution in [2.75, 3.05) is 13.6 Å². The predicted molar refractivity (Wildman–Crippen MR) is 84.8 cm³/mol. The Bertz CT molecular complexity index is 425. The molecule has 1 N–H and O–H groups in total. The highest BCUT2D eigenvalue weighted by molar-refractivity contribution is 6.31. The Kier molecular flexibility index (Phi) is 5.48. The molecule has 1 aromatic carbocycles. The molecule has 0 radical (unpaired) electrons. The molecule has 0 heterocycles.